The van der Waals surface area contributed by atoms with Crippen molar-refractivity contribution in [1.82, 2.24) is 0 Å². The Kier molecular flexibility index (Phi) is 10.5. The number of carbonyl (C=O) groups excluding carboxylic acids is 1. The molecule has 0 amide bonds. The third-order valence-corrected chi connectivity index (χ3v) is 1.38. The van der Waals surface area contributed by atoms with E-state index in [2.05, 4.69) is 0 Å². The summed E-state index contributed by atoms with van der Waals surface area (Å²) in [5.41, 5.74) is 0. The first-order valence-electron chi connectivity index (χ1n) is 4.87. The molecule has 5 heteroatoms. The van der Waals surface area contributed by atoms with E-state index in [9.17, 15) is 4.79 Å². The molecule has 0 aliphatic heterocycles. The van der Waals surface area contributed by atoms with Crippen molar-refractivity contribution in [2.75, 3.05) is 39.6 Å². The molecule has 0 saturated carbocycles. The van der Waals surface area contributed by atoms with Gasteiger partial charge >= 0.3 is 5.97 Å². The van der Waals surface area contributed by atoms with Gasteiger partial charge in [-0.2, -0.15) is 0 Å². The molecular formula is C10H18O5. The van der Waals surface area contributed by atoms with Gasteiger partial charge in [-0.25, -0.2) is 4.79 Å². The fourth-order valence-corrected chi connectivity index (χ4v) is 0.772. The summed E-state index contributed by atoms with van der Waals surface area (Å²) >= 11 is 0. The topological polar surface area (TPSA) is 65.0 Å². The number of aliphatic hydroxyl groups is 1. The van der Waals surface area contributed by atoms with Crippen LogP contribution in [0.5, 0.6) is 0 Å². The van der Waals surface area contributed by atoms with Crippen LogP contribution in [-0.2, 0) is 19.0 Å². The minimum absolute atomic E-state index is 0.0148. The molecular weight excluding hydrogens is 200 g/mol. The Morgan fingerprint density at radius 1 is 1.13 bits per heavy atom. The van der Waals surface area contributed by atoms with Crippen LogP contribution in [0.1, 0.15) is 6.92 Å². The molecule has 0 aromatic rings. The van der Waals surface area contributed by atoms with Gasteiger partial charge in [-0.3, -0.25) is 0 Å². The van der Waals surface area contributed by atoms with Gasteiger partial charge < -0.3 is 19.3 Å². The van der Waals surface area contributed by atoms with Gasteiger partial charge in [0, 0.05) is 6.08 Å². The lowest BCUT2D eigenvalue weighted by Gasteiger charge is -2.04. The van der Waals surface area contributed by atoms with E-state index in [4.69, 9.17) is 19.3 Å². The lowest BCUT2D eigenvalue weighted by atomic mass is 10.5. The van der Waals surface area contributed by atoms with Crippen molar-refractivity contribution in [3.8, 4) is 0 Å². The number of esters is 1. The monoisotopic (exact) mass is 218 g/mol. The summed E-state index contributed by atoms with van der Waals surface area (Å²) in [5.74, 6) is -0.363. The van der Waals surface area contributed by atoms with Crippen molar-refractivity contribution in [1.29, 1.82) is 0 Å². The van der Waals surface area contributed by atoms with E-state index >= 15 is 0 Å². The summed E-state index contributed by atoms with van der Waals surface area (Å²) in [6, 6.07) is 0. The number of carbonyl (C=O) groups is 1. The van der Waals surface area contributed by atoms with Crippen molar-refractivity contribution < 1.29 is 24.1 Å². The summed E-state index contributed by atoms with van der Waals surface area (Å²) < 4.78 is 14.8. The zero-order valence-electron chi connectivity index (χ0n) is 8.98. The highest BCUT2D eigenvalue weighted by Gasteiger charge is 1.95. The molecule has 0 rings (SSSR count). The number of ether oxygens (including phenoxy) is 3. The molecule has 0 fully saturated rings. The van der Waals surface area contributed by atoms with E-state index in [1.54, 1.807) is 13.0 Å². The number of rotatable bonds is 9. The predicted molar refractivity (Wildman–Crippen MR) is 54.5 cm³/mol. The van der Waals surface area contributed by atoms with Gasteiger partial charge in [0.2, 0.25) is 0 Å². The number of aliphatic hydroxyl groups excluding tert-OH is 1. The molecule has 0 aromatic carbocycles. The van der Waals surface area contributed by atoms with Gasteiger partial charge in [0.1, 0.15) is 6.61 Å². The summed E-state index contributed by atoms with van der Waals surface area (Å²) in [5, 5.41) is 8.39. The predicted octanol–water partition coefficient (Wildman–Crippen LogP) is 0.131. The third-order valence-electron chi connectivity index (χ3n) is 1.38. The van der Waals surface area contributed by atoms with Crippen LogP contribution in [0.15, 0.2) is 12.2 Å². The number of hydrogen-bond acceptors (Lipinski definition) is 5. The van der Waals surface area contributed by atoms with Crippen LogP contribution < -0.4 is 0 Å². The van der Waals surface area contributed by atoms with E-state index < -0.39 is 0 Å². The number of allylic oxidation sites excluding steroid dienone is 1. The van der Waals surface area contributed by atoms with Gasteiger partial charge in [-0.1, -0.05) is 6.08 Å². The molecule has 0 heterocycles. The zero-order valence-corrected chi connectivity index (χ0v) is 8.98. The Morgan fingerprint density at radius 3 is 2.33 bits per heavy atom. The lowest BCUT2D eigenvalue weighted by molar-refractivity contribution is -0.139. The fraction of sp³-hybridized carbons (Fsp3) is 0.700. The molecule has 15 heavy (non-hydrogen) atoms. The normalized spacial score (nSPS) is 10.8. The first kappa shape index (κ1) is 14.1. The SMILES string of the molecule is C/C=C/C(=O)OCCOCCOCCO. The van der Waals surface area contributed by atoms with E-state index in [0.29, 0.717) is 26.4 Å². The van der Waals surface area contributed by atoms with Crippen LogP contribution in [-0.4, -0.2) is 50.7 Å². The Morgan fingerprint density at radius 2 is 1.73 bits per heavy atom. The first-order chi connectivity index (χ1) is 7.31. The van der Waals surface area contributed by atoms with E-state index in [1.165, 1.54) is 6.08 Å². The van der Waals surface area contributed by atoms with Crippen molar-refractivity contribution in [3.05, 3.63) is 12.2 Å². The Labute approximate surface area is 89.6 Å². The Balaban J connectivity index is 3.08. The Hall–Kier alpha value is -0.910. The molecule has 0 unspecified atom stereocenters. The van der Waals surface area contributed by atoms with Crippen molar-refractivity contribution in [2.24, 2.45) is 0 Å². The fourth-order valence-electron chi connectivity index (χ4n) is 0.772. The highest BCUT2D eigenvalue weighted by molar-refractivity contribution is 5.81. The van der Waals surface area contributed by atoms with Crippen molar-refractivity contribution in [2.45, 2.75) is 6.92 Å². The van der Waals surface area contributed by atoms with Crippen LogP contribution in [0.4, 0.5) is 0 Å². The summed E-state index contributed by atoms with van der Waals surface area (Å²) in [6.07, 6.45) is 2.97. The molecule has 0 atom stereocenters. The molecule has 0 bridgehead atoms. The number of hydrogen-bond donors (Lipinski definition) is 1. The van der Waals surface area contributed by atoms with Gasteiger partial charge in [0.25, 0.3) is 0 Å². The summed E-state index contributed by atoms with van der Waals surface area (Å²) in [6.45, 7) is 3.54. The second-order valence-electron chi connectivity index (χ2n) is 2.62. The van der Waals surface area contributed by atoms with Gasteiger partial charge in [-0.15, -0.1) is 0 Å². The van der Waals surface area contributed by atoms with Crippen molar-refractivity contribution in [3.63, 3.8) is 0 Å². The van der Waals surface area contributed by atoms with Crippen LogP contribution in [0.3, 0.4) is 0 Å². The van der Waals surface area contributed by atoms with Gasteiger partial charge in [0.05, 0.1) is 33.0 Å². The molecule has 88 valence electrons. The van der Waals surface area contributed by atoms with Crippen molar-refractivity contribution >= 4 is 5.97 Å². The maximum atomic E-state index is 10.8. The van der Waals surface area contributed by atoms with E-state index in [-0.39, 0.29) is 19.2 Å². The molecule has 1 N–H and O–H groups in total. The summed E-state index contributed by atoms with van der Waals surface area (Å²) in [7, 11) is 0. The average molecular weight is 218 g/mol. The van der Waals surface area contributed by atoms with Gasteiger partial charge in [0.15, 0.2) is 0 Å². The smallest absolute Gasteiger partial charge is 0.330 e. The van der Waals surface area contributed by atoms with E-state index in [0.717, 1.165) is 0 Å². The minimum Gasteiger partial charge on any atom is -0.460 e. The zero-order chi connectivity index (χ0) is 11.4. The standard InChI is InChI=1S/C10H18O5/c1-2-3-10(12)15-9-8-14-7-6-13-5-4-11/h2-3,11H,4-9H2,1H3/b3-2+. The lowest BCUT2D eigenvalue weighted by Crippen LogP contribution is -2.12. The first-order valence-corrected chi connectivity index (χ1v) is 4.87. The van der Waals surface area contributed by atoms with Crippen LogP contribution in [0.25, 0.3) is 0 Å². The quantitative estimate of drug-likeness (QED) is 0.338. The largest absolute Gasteiger partial charge is 0.460 e. The molecule has 0 aliphatic carbocycles. The average Bonchev–Trinajstić information content (AvgIpc) is 2.22. The van der Waals surface area contributed by atoms with Crippen LogP contribution >= 0.6 is 0 Å². The van der Waals surface area contributed by atoms with E-state index in [1.807, 2.05) is 0 Å². The molecule has 0 spiro atoms. The third kappa shape index (κ3) is 11.0. The molecule has 0 radical (unpaired) electrons. The van der Waals surface area contributed by atoms with Crippen LogP contribution in [0.2, 0.25) is 0 Å². The maximum absolute atomic E-state index is 10.8. The maximum Gasteiger partial charge on any atom is 0.330 e. The molecule has 0 saturated heterocycles. The molecule has 5 nitrogen and oxygen atoms in total. The minimum atomic E-state index is -0.363. The summed E-state index contributed by atoms with van der Waals surface area (Å²) in [4.78, 5) is 10.8. The highest BCUT2D eigenvalue weighted by Crippen LogP contribution is 1.83. The second-order valence-corrected chi connectivity index (χ2v) is 2.62. The van der Waals surface area contributed by atoms with Gasteiger partial charge in [-0.05, 0) is 6.92 Å². The van der Waals surface area contributed by atoms with Crippen LogP contribution in [0, 0.1) is 0 Å². The Bertz CT molecular complexity index is 179. The second kappa shape index (κ2) is 11.2. The molecule has 0 aliphatic rings. The molecule has 0 aromatic heterocycles. The highest BCUT2D eigenvalue weighted by atomic mass is 16.6.